The van der Waals surface area contributed by atoms with Gasteiger partial charge >= 0.3 is 0 Å². The van der Waals surface area contributed by atoms with Crippen LogP contribution in [0, 0.1) is 5.41 Å². The summed E-state index contributed by atoms with van der Waals surface area (Å²) in [4.78, 5) is 0. The van der Waals surface area contributed by atoms with Gasteiger partial charge in [-0.1, -0.05) is 27.7 Å². The zero-order valence-electron chi connectivity index (χ0n) is 7.73. The van der Waals surface area contributed by atoms with Gasteiger partial charge in [-0.3, -0.25) is 0 Å². The van der Waals surface area contributed by atoms with Gasteiger partial charge in [0.05, 0.1) is 0 Å². The maximum absolute atomic E-state index is 5.64. The number of nitrogens with two attached hydrogens (primary N) is 1. The predicted molar refractivity (Wildman–Crippen MR) is 47.9 cm³/mol. The van der Waals surface area contributed by atoms with Crippen LogP contribution in [0.2, 0.25) is 0 Å². The lowest BCUT2D eigenvalue weighted by Crippen LogP contribution is -2.35. The van der Waals surface area contributed by atoms with Crippen LogP contribution in [0.15, 0.2) is 5.10 Å². The van der Waals surface area contributed by atoms with E-state index in [1.165, 1.54) is 0 Å². The summed E-state index contributed by atoms with van der Waals surface area (Å²) in [5, 5.41) is 3.92. The largest absolute Gasteiger partial charge is 0.385 e. The van der Waals surface area contributed by atoms with Gasteiger partial charge in [-0.15, -0.1) is 0 Å². The van der Waals surface area contributed by atoms with Crippen molar-refractivity contribution in [3.8, 4) is 0 Å². The van der Waals surface area contributed by atoms with Gasteiger partial charge in [0.1, 0.15) is 5.84 Å². The second kappa shape index (κ2) is 4.18. The molecule has 0 radical (unpaired) electrons. The smallest absolute Gasteiger partial charge is 0.126 e. The Morgan fingerprint density at radius 2 is 2.00 bits per heavy atom. The first-order valence-electron chi connectivity index (χ1n) is 3.80. The van der Waals surface area contributed by atoms with Gasteiger partial charge in [0.25, 0.3) is 0 Å². The molecule has 0 aliphatic rings. The standard InChI is InChI=1S/C7H18N4/c1-5-9-11-10-6(8)7(2,3)4/h9,11H,5H2,1-4H3,(H2,8,10). The molecule has 0 fully saturated rings. The normalized spacial score (nSPS) is 13.3. The minimum Gasteiger partial charge on any atom is -0.385 e. The van der Waals surface area contributed by atoms with E-state index in [9.17, 15) is 0 Å². The fourth-order valence-corrected chi connectivity index (χ4v) is 0.347. The van der Waals surface area contributed by atoms with Crippen LogP contribution in [0.1, 0.15) is 27.7 Å². The molecule has 0 rings (SSSR count). The van der Waals surface area contributed by atoms with E-state index < -0.39 is 0 Å². The van der Waals surface area contributed by atoms with Gasteiger partial charge in [0.2, 0.25) is 0 Å². The highest BCUT2D eigenvalue weighted by Gasteiger charge is 2.14. The molecule has 4 N–H and O–H groups in total. The molecule has 4 nitrogen and oxygen atoms in total. The molecule has 0 aromatic rings. The Balaban J connectivity index is 3.81. The summed E-state index contributed by atoms with van der Waals surface area (Å²) in [7, 11) is 0. The predicted octanol–water partition coefficient (Wildman–Crippen LogP) is 0.419. The van der Waals surface area contributed by atoms with E-state index in [0.29, 0.717) is 5.84 Å². The summed E-state index contributed by atoms with van der Waals surface area (Å²) in [5.74, 6) is 0.596. The maximum Gasteiger partial charge on any atom is 0.126 e. The first kappa shape index (κ1) is 10.2. The maximum atomic E-state index is 5.64. The summed E-state index contributed by atoms with van der Waals surface area (Å²) in [6, 6.07) is 0. The number of hydrogen-bond donors (Lipinski definition) is 3. The highest BCUT2D eigenvalue weighted by molar-refractivity contribution is 5.85. The number of amidine groups is 1. The average molecular weight is 158 g/mol. The summed E-state index contributed by atoms with van der Waals surface area (Å²) < 4.78 is 0. The summed E-state index contributed by atoms with van der Waals surface area (Å²) in [6.07, 6.45) is 0. The lowest BCUT2D eigenvalue weighted by Gasteiger charge is -2.16. The van der Waals surface area contributed by atoms with E-state index in [1.807, 2.05) is 27.7 Å². The van der Waals surface area contributed by atoms with E-state index in [-0.39, 0.29) is 5.41 Å². The molecule has 0 aliphatic heterocycles. The van der Waals surface area contributed by atoms with Crippen LogP contribution >= 0.6 is 0 Å². The molecule has 0 saturated carbocycles. The summed E-state index contributed by atoms with van der Waals surface area (Å²) >= 11 is 0. The molecule has 0 amide bonds. The van der Waals surface area contributed by atoms with Crippen molar-refractivity contribution in [1.82, 2.24) is 11.0 Å². The van der Waals surface area contributed by atoms with Crippen LogP contribution < -0.4 is 16.7 Å². The number of hydrogen-bond acceptors (Lipinski definition) is 3. The van der Waals surface area contributed by atoms with E-state index in [1.54, 1.807) is 0 Å². The van der Waals surface area contributed by atoms with Crippen LogP contribution in [-0.2, 0) is 0 Å². The molecule has 0 atom stereocenters. The Bertz CT molecular complexity index is 134. The van der Waals surface area contributed by atoms with Gasteiger partial charge in [-0.05, 0) is 0 Å². The third-order valence-electron chi connectivity index (χ3n) is 1.20. The van der Waals surface area contributed by atoms with Crippen molar-refractivity contribution in [2.75, 3.05) is 6.54 Å². The van der Waals surface area contributed by atoms with Crippen LogP contribution in [0.5, 0.6) is 0 Å². The molecular formula is C7H18N4. The summed E-state index contributed by atoms with van der Waals surface area (Å²) in [6.45, 7) is 8.84. The van der Waals surface area contributed by atoms with E-state index >= 15 is 0 Å². The molecule has 11 heavy (non-hydrogen) atoms. The Hall–Kier alpha value is -0.770. The Morgan fingerprint density at radius 1 is 1.45 bits per heavy atom. The molecule has 0 bridgehead atoms. The molecule has 0 aromatic carbocycles. The van der Waals surface area contributed by atoms with Crippen LogP contribution in [-0.4, -0.2) is 12.4 Å². The van der Waals surface area contributed by atoms with E-state index in [2.05, 4.69) is 16.1 Å². The monoisotopic (exact) mass is 158 g/mol. The van der Waals surface area contributed by atoms with Crippen molar-refractivity contribution < 1.29 is 0 Å². The lowest BCUT2D eigenvalue weighted by molar-refractivity contribution is 0.539. The van der Waals surface area contributed by atoms with Crippen molar-refractivity contribution in [3.05, 3.63) is 0 Å². The van der Waals surface area contributed by atoms with Gasteiger partial charge in [0, 0.05) is 12.0 Å². The lowest BCUT2D eigenvalue weighted by atomic mass is 9.96. The molecule has 0 aromatic heterocycles. The number of nitrogens with one attached hydrogen (secondary N) is 2. The second-order valence-electron chi connectivity index (χ2n) is 3.39. The van der Waals surface area contributed by atoms with Gasteiger partial charge in [-0.2, -0.15) is 5.10 Å². The van der Waals surface area contributed by atoms with Crippen molar-refractivity contribution in [2.45, 2.75) is 27.7 Å². The van der Waals surface area contributed by atoms with Crippen molar-refractivity contribution >= 4 is 5.84 Å². The molecule has 0 heterocycles. The Kier molecular flexibility index (Phi) is 3.89. The first-order chi connectivity index (χ1) is 4.98. The molecule has 4 heteroatoms. The SMILES string of the molecule is CCNN/N=C(\N)C(C)(C)C. The molecule has 0 spiro atoms. The zero-order chi connectivity index (χ0) is 8.91. The van der Waals surface area contributed by atoms with Crippen molar-refractivity contribution in [3.63, 3.8) is 0 Å². The zero-order valence-corrected chi connectivity index (χ0v) is 7.73. The fraction of sp³-hybridized carbons (Fsp3) is 0.857. The third kappa shape index (κ3) is 4.61. The minimum absolute atomic E-state index is 0.0670. The number of nitrogens with zero attached hydrogens (tertiary/aromatic N) is 1. The molecule has 0 aliphatic carbocycles. The van der Waals surface area contributed by atoms with E-state index in [0.717, 1.165) is 6.54 Å². The van der Waals surface area contributed by atoms with Crippen LogP contribution in [0.4, 0.5) is 0 Å². The third-order valence-corrected chi connectivity index (χ3v) is 1.20. The van der Waals surface area contributed by atoms with Gasteiger partial charge < -0.3 is 5.73 Å². The van der Waals surface area contributed by atoms with Crippen molar-refractivity contribution in [2.24, 2.45) is 16.3 Å². The molecule has 66 valence electrons. The fourth-order valence-electron chi connectivity index (χ4n) is 0.347. The molecular weight excluding hydrogens is 140 g/mol. The van der Waals surface area contributed by atoms with E-state index in [4.69, 9.17) is 5.73 Å². The van der Waals surface area contributed by atoms with Crippen LogP contribution in [0.3, 0.4) is 0 Å². The Labute approximate surface area is 68.2 Å². The average Bonchev–Trinajstić information content (AvgIpc) is 1.86. The quantitative estimate of drug-likeness (QED) is 0.241. The highest BCUT2D eigenvalue weighted by Crippen LogP contribution is 2.11. The van der Waals surface area contributed by atoms with Gasteiger partial charge in [0.15, 0.2) is 0 Å². The topological polar surface area (TPSA) is 62.4 Å². The molecule has 0 unspecified atom stereocenters. The number of hydrazine groups is 1. The van der Waals surface area contributed by atoms with Crippen molar-refractivity contribution in [1.29, 1.82) is 0 Å². The Morgan fingerprint density at radius 3 is 2.36 bits per heavy atom. The number of rotatable bonds is 3. The summed E-state index contributed by atoms with van der Waals surface area (Å²) in [5.41, 5.74) is 11.1. The second-order valence-corrected chi connectivity index (χ2v) is 3.39. The minimum atomic E-state index is -0.0670. The van der Waals surface area contributed by atoms with Gasteiger partial charge in [-0.25, -0.2) is 11.0 Å². The van der Waals surface area contributed by atoms with Crippen LogP contribution in [0.25, 0.3) is 0 Å². The molecule has 0 saturated heterocycles. The highest BCUT2D eigenvalue weighted by atomic mass is 15.6. The first-order valence-corrected chi connectivity index (χ1v) is 3.80. The number of hydrazone groups is 1.